The van der Waals surface area contributed by atoms with Crippen molar-refractivity contribution in [2.24, 2.45) is 0 Å². The van der Waals surface area contributed by atoms with E-state index < -0.39 is 0 Å². The number of nitrogens with zero attached hydrogens (tertiary/aromatic N) is 3. The number of aldehydes is 1. The molecule has 1 fully saturated rings. The molecule has 3 heterocycles. The number of fused-ring (bicyclic) bond motifs is 1. The van der Waals surface area contributed by atoms with Gasteiger partial charge in [-0.3, -0.25) is 9.20 Å². The third-order valence-electron chi connectivity index (χ3n) is 3.25. The van der Waals surface area contributed by atoms with Crippen molar-refractivity contribution in [3.05, 3.63) is 17.3 Å². The van der Waals surface area contributed by atoms with Crippen LogP contribution in [-0.2, 0) is 0 Å². The van der Waals surface area contributed by atoms with Crippen LogP contribution in [0.3, 0.4) is 0 Å². The molecular formula is C11H13N3O2S. The van der Waals surface area contributed by atoms with Gasteiger partial charge in [0.1, 0.15) is 5.69 Å². The second kappa shape index (κ2) is 4.12. The summed E-state index contributed by atoms with van der Waals surface area (Å²) in [4.78, 5) is 18.6. The monoisotopic (exact) mass is 251 g/mol. The third kappa shape index (κ3) is 1.56. The van der Waals surface area contributed by atoms with Gasteiger partial charge in [-0.15, -0.1) is 11.3 Å². The number of imidazole rings is 1. The molecule has 0 aliphatic carbocycles. The molecule has 2 aromatic rings. The molecule has 1 aliphatic heterocycles. The summed E-state index contributed by atoms with van der Waals surface area (Å²) in [5.41, 5.74) is 0.585. The van der Waals surface area contributed by atoms with E-state index in [1.165, 1.54) is 11.3 Å². The van der Waals surface area contributed by atoms with Gasteiger partial charge in [0, 0.05) is 18.1 Å². The van der Waals surface area contributed by atoms with E-state index in [2.05, 4.69) is 4.98 Å². The Balaban J connectivity index is 2.09. The van der Waals surface area contributed by atoms with Gasteiger partial charge in [0.25, 0.3) is 0 Å². The average molecular weight is 251 g/mol. The predicted molar refractivity (Wildman–Crippen MR) is 65.9 cm³/mol. The van der Waals surface area contributed by atoms with Crippen LogP contribution >= 0.6 is 11.3 Å². The van der Waals surface area contributed by atoms with Crippen molar-refractivity contribution in [3.8, 4) is 0 Å². The highest BCUT2D eigenvalue weighted by Gasteiger charge is 2.28. The maximum absolute atomic E-state index is 11.2. The fourth-order valence-electron chi connectivity index (χ4n) is 2.42. The van der Waals surface area contributed by atoms with Gasteiger partial charge >= 0.3 is 0 Å². The van der Waals surface area contributed by atoms with Crippen molar-refractivity contribution in [3.63, 3.8) is 0 Å². The summed E-state index contributed by atoms with van der Waals surface area (Å²) in [7, 11) is 0. The molecule has 0 saturated carbocycles. The summed E-state index contributed by atoms with van der Waals surface area (Å²) in [6.45, 7) is 0.973. The van der Waals surface area contributed by atoms with Gasteiger partial charge in [-0.1, -0.05) is 0 Å². The van der Waals surface area contributed by atoms with Crippen molar-refractivity contribution in [1.82, 2.24) is 9.38 Å². The number of anilines is 1. The van der Waals surface area contributed by atoms with Gasteiger partial charge in [-0.05, 0) is 12.8 Å². The molecule has 0 aromatic carbocycles. The van der Waals surface area contributed by atoms with Crippen LogP contribution in [0.1, 0.15) is 23.3 Å². The lowest BCUT2D eigenvalue weighted by atomic mass is 10.2. The second-order valence-electron chi connectivity index (χ2n) is 4.17. The number of aliphatic hydroxyl groups is 1. The molecule has 0 bridgehead atoms. The number of aromatic nitrogens is 2. The Hall–Kier alpha value is -1.40. The van der Waals surface area contributed by atoms with Crippen LogP contribution in [0.25, 0.3) is 4.96 Å². The summed E-state index contributed by atoms with van der Waals surface area (Å²) in [5, 5.41) is 11.2. The standard InChI is InChI=1S/C11H13N3O2S/c15-6-8-2-1-3-13(8)10-9(7-16)14-4-5-17-11(14)12-10/h4-5,7-8,15H,1-3,6H2. The number of hydrogen-bond donors (Lipinski definition) is 1. The molecular weight excluding hydrogens is 238 g/mol. The van der Waals surface area contributed by atoms with Crippen LogP contribution in [0.2, 0.25) is 0 Å². The molecule has 1 N–H and O–H groups in total. The number of rotatable bonds is 3. The molecule has 5 nitrogen and oxygen atoms in total. The summed E-state index contributed by atoms with van der Waals surface area (Å²) < 4.78 is 1.81. The number of carbonyl (C=O) groups excluding carboxylic acids is 1. The molecule has 1 saturated heterocycles. The van der Waals surface area contributed by atoms with Gasteiger partial charge in [0.05, 0.1) is 12.6 Å². The molecule has 1 atom stereocenters. The first-order valence-electron chi connectivity index (χ1n) is 5.63. The van der Waals surface area contributed by atoms with E-state index >= 15 is 0 Å². The molecule has 6 heteroatoms. The Kier molecular flexibility index (Phi) is 2.60. The quantitative estimate of drug-likeness (QED) is 0.832. The Morgan fingerprint density at radius 2 is 2.53 bits per heavy atom. The van der Waals surface area contributed by atoms with E-state index in [0.717, 1.165) is 30.6 Å². The van der Waals surface area contributed by atoms with Gasteiger partial charge in [0.15, 0.2) is 17.1 Å². The largest absolute Gasteiger partial charge is 0.394 e. The van der Waals surface area contributed by atoms with Gasteiger partial charge < -0.3 is 10.0 Å². The van der Waals surface area contributed by atoms with E-state index in [1.54, 1.807) is 4.40 Å². The van der Waals surface area contributed by atoms with Gasteiger partial charge in [0.2, 0.25) is 0 Å². The van der Waals surface area contributed by atoms with Crippen LogP contribution in [0, 0.1) is 0 Å². The highest BCUT2D eigenvalue weighted by Crippen LogP contribution is 2.29. The SMILES string of the molecule is O=Cc1c(N2CCCC2CO)nc2sccn12. The molecule has 0 radical (unpaired) electrons. The van der Waals surface area contributed by atoms with E-state index in [4.69, 9.17) is 0 Å². The Labute approximate surface area is 102 Å². The minimum atomic E-state index is 0.0957. The normalized spacial score (nSPS) is 20.3. The van der Waals surface area contributed by atoms with Crippen LogP contribution in [0.4, 0.5) is 5.82 Å². The first-order valence-corrected chi connectivity index (χ1v) is 6.51. The maximum Gasteiger partial charge on any atom is 0.196 e. The lowest BCUT2D eigenvalue weighted by Gasteiger charge is -2.23. The highest BCUT2D eigenvalue weighted by molar-refractivity contribution is 7.15. The first-order chi connectivity index (χ1) is 8.35. The van der Waals surface area contributed by atoms with Gasteiger partial charge in [-0.2, -0.15) is 0 Å². The number of aliphatic hydroxyl groups excluding tert-OH is 1. The van der Waals surface area contributed by atoms with Crippen molar-refractivity contribution >= 4 is 28.4 Å². The maximum atomic E-state index is 11.2. The zero-order chi connectivity index (χ0) is 11.8. The van der Waals surface area contributed by atoms with E-state index in [9.17, 15) is 9.90 Å². The highest BCUT2D eigenvalue weighted by atomic mass is 32.1. The first kappa shape index (κ1) is 10.7. The van der Waals surface area contributed by atoms with Crippen molar-refractivity contribution in [1.29, 1.82) is 0 Å². The van der Waals surface area contributed by atoms with Crippen molar-refractivity contribution in [2.45, 2.75) is 18.9 Å². The van der Waals surface area contributed by atoms with E-state index in [1.807, 2.05) is 16.5 Å². The van der Waals surface area contributed by atoms with Crippen LogP contribution in [-0.4, -0.2) is 40.0 Å². The zero-order valence-corrected chi connectivity index (χ0v) is 10.1. The fourth-order valence-corrected chi connectivity index (χ4v) is 3.13. The molecule has 1 aliphatic rings. The smallest absolute Gasteiger partial charge is 0.196 e. The average Bonchev–Trinajstić information content (AvgIpc) is 3.02. The Bertz CT molecular complexity index is 548. The number of thiazole rings is 1. The number of carbonyl (C=O) groups is 1. The molecule has 17 heavy (non-hydrogen) atoms. The molecule has 0 spiro atoms. The molecule has 0 amide bonds. The second-order valence-corrected chi connectivity index (χ2v) is 5.04. The molecule has 1 unspecified atom stereocenters. The summed E-state index contributed by atoms with van der Waals surface area (Å²) in [5.74, 6) is 0.711. The molecule has 90 valence electrons. The third-order valence-corrected chi connectivity index (χ3v) is 4.01. The molecule has 2 aromatic heterocycles. The predicted octanol–water partition coefficient (Wildman–Crippen LogP) is 1.17. The minimum absolute atomic E-state index is 0.0957. The van der Waals surface area contributed by atoms with Crippen LogP contribution in [0.5, 0.6) is 0 Å². The van der Waals surface area contributed by atoms with Crippen LogP contribution in [0.15, 0.2) is 11.6 Å². The summed E-state index contributed by atoms with van der Waals surface area (Å²) in [6, 6.07) is 0.0957. The minimum Gasteiger partial charge on any atom is -0.394 e. The molecule has 3 rings (SSSR count). The van der Waals surface area contributed by atoms with Crippen molar-refractivity contribution in [2.75, 3.05) is 18.1 Å². The Morgan fingerprint density at radius 3 is 3.29 bits per heavy atom. The van der Waals surface area contributed by atoms with E-state index in [-0.39, 0.29) is 12.6 Å². The van der Waals surface area contributed by atoms with Crippen LogP contribution < -0.4 is 4.90 Å². The van der Waals surface area contributed by atoms with E-state index in [0.29, 0.717) is 11.5 Å². The topological polar surface area (TPSA) is 57.8 Å². The lowest BCUT2D eigenvalue weighted by molar-refractivity contribution is 0.111. The van der Waals surface area contributed by atoms with Gasteiger partial charge in [-0.25, -0.2) is 4.98 Å². The Morgan fingerprint density at radius 1 is 1.65 bits per heavy atom. The van der Waals surface area contributed by atoms with Crippen molar-refractivity contribution < 1.29 is 9.90 Å². The lowest BCUT2D eigenvalue weighted by Crippen LogP contribution is -2.33. The fraction of sp³-hybridized carbons (Fsp3) is 0.455. The number of hydrogen-bond acceptors (Lipinski definition) is 5. The zero-order valence-electron chi connectivity index (χ0n) is 9.24. The summed E-state index contributed by atoms with van der Waals surface area (Å²) in [6.07, 6.45) is 4.69. The summed E-state index contributed by atoms with van der Waals surface area (Å²) >= 11 is 1.51.